The molecule has 0 amide bonds. The largest absolute Gasteiger partial charge is 0.445 e. The molecule has 0 aliphatic carbocycles. The van der Waals surface area contributed by atoms with Gasteiger partial charge in [0.05, 0.1) is 22.6 Å². The molecule has 0 aliphatic rings. The average molecular weight is 312 g/mol. The average Bonchev–Trinajstić information content (AvgIpc) is 2.82. The van der Waals surface area contributed by atoms with Gasteiger partial charge in [0.2, 0.25) is 15.9 Å². The second kappa shape index (κ2) is 5.50. The number of aromatic nitrogens is 1. The quantitative estimate of drug-likeness (QED) is 0.475. The van der Waals surface area contributed by atoms with Crippen molar-refractivity contribution in [2.24, 2.45) is 0 Å². The number of hydrogen-bond donors (Lipinski definition) is 2. The van der Waals surface area contributed by atoms with E-state index in [9.17, 15) is 18.5 Å². The predicted molar refractivity (Wildman–Crippen MR) is 72.8 cm³/mol. The van der Waals surface area contributed by atoms with Gasteiger partial charge in [-0.3, -0.25) is 10.1 Å². The number of nitrogens with zero attached hydrogens (tertiary/aromatic N) is 2. The van der Waals surface area contributed by atoms with E-state index in [1.165, 1.54) is 18.3 Å². The number of aryl methyl sites for hydroxylation is 1. The molecule has 2 aromatic rings. The van der Waals surface area contributed by atoms with Crippen molar-refractivity contribution in [3.05, 3.63) is 46.2 Å². The summed E-state index contributed by atoms with van der Waals surface area (Å²) in [5.74, 6) is 0.744. The van der Waals surface area contributed by atoms with Crippen LogP contribution in [0.1, 0.15) is 11.7 Å². The van der Waals surface area contributed by atoms with E-state index in [1.54, 1.807) is 6.92 Å². The van der Waals surface area contributed by atoms with Gasteiger partial charge >= 0.3 is 0 Å². The summed E-state index contributed by atoms with van der Waals surface area (Å²) in [7, 11) is -3.93. The molecule has 0 saturated carbocycles. The first-order valence-electron chi connectivity index (χ1n) is 5.74. The highest BCUT2D eigenvalue weighted by molar-refractivity contribution is 7.89. The van der Waals surface area contributed by atoms with Crippen molar-refractivity contribution in [2.45, 2.75) is 18.4 Å². The number of benzene rings is 1. The fourth-order valence-corrected chi connectivity index (χ4v) is 2.57. The maximum atomic E-state index is 12.1. The second-order valence-corrected chi connectivity index (χ2v) is 5.93. The minimum absolute atomic E-state index is 0.109. The van der Waals surface area contributed by atoms with E-state index < -0.39 is 20.6 Å². The zero-order valence-corrected chi connectivity index (χ0v) is 11.8. The number of nitrogen functional groups attached to an aromatic ring is 1. The predicted octanol–water partition coefficient (Wildman–Crippen LogP) is 0.952. The van der Waals surface area contributed by atoms with Gasteiger partial charge in [-0.25, -0.2) is 18.1 Å². The normalized spacial score (nSPS) is 11.5. The smallest absolute Gasteiger partial charge is 0.293 e. The second-order valence-electron chi connectivity index (χ2n) is 4.17. The number of nitro benzene ring substituents is 1. The lowest BCUT2D eigenvalue weighted by molar-refractivity contribution is -0.384. The Hall–Kier alpha value is -2.46. The molecule has 10 heteroatoms. The van der Waals surface area contributed by atoms with Crippen molar-refractivity contribution < 1.29 is 17.8 Å². The maximum absolute atomic E-state index is 12.1. The zero-order chi connectivity index (χ0) is 15.6. The van der Waals surface area contributed by atoms with Crippen LogP contribution in [0.3, 0.4) is 0 Å². The molecule has 1 aromatic heterocycles. The summed E-state index contributed by atoms with van der Waals surface area (Å²) >= 11 is 0. The maximum Gasteiger partial charge on any atom is 0.293 e. The first kappa shape index (κ1) is 14.9. The van der Waals surface area contributed by atoms with Crippen LogP contribution in [-0.4, -0.2) is 18.3 Å². The molecule has 0 fully saturated rings. The third-order valence-corrected chi connectivity index (χ3v) is 3.99. The molecular weight excluding hydrogens is 300 g/mol. The van der Waals surface area contributed by atoms with Gasteiger partial charge in [-0.1, -0.05) is 0 Å². The van der Waals surface area contributed by atoms with Gasteiger partial charge in [0.25, 0.3) is 5.69 Å². The summed E-state index contributed by atoms with van der Waals surface area (Å²) in [4.78, 5) is 13.6. The third kappa shape index (κ3) is 3.35. The monoisotopic (exact) mass is 312 g/mol. The number of nitro groups is 1. The standard InChI is InChI=1S/C11H12N4O5S/c1-7-5-13-11(20-7)6-14-21(18,19)8-2-3-9(12)10(4-8)15(16)17/h2-5,14H,6,12H2,1H3. The zero-order valence-electron chi connectivity index (χ0n) is 10.9. The molecule has 0 atom stereocenters. The summed E-state index contributed by atoms with van der Waals surface area (Å²) < 4.78 is 31.5. The van der Waals surface area contributed by atoms with Gasteiger partial charge in [0.15, 0.2) is 0 Å². The Labute approximate surface area is 120 Å². The summed E-state index contributed by atoms with van der Waals surface area (Å²) in [6, 6.07) is 3.26. The molecule has 0 radical (unpaired) electrons. The number of nitrogens with one attached hydrogen (secondary N) is 1. The number of oxazole rings is 1. The minimum Gasteiger partial charge on any atom is -0.445 e. The van der Waals surface area contributed by atoms with Crippen LogP contribution in [0.15, 0.2) is 33.7 Å². The number of sulfonamides is 1. The van der Waals surface area contributed by atoms with Gasteiger partial charge in [-0.2, -0.15) is 0 Å². The molecule has 0 saturated heterocycles. The Morgan fingerprint density at radius 1 is 1.48 bits per heavy atom. The van der Waals surface area contributed by atoms with Crippen LogP contribution in [0.4, 0.5) is 11.4 Å². The lowest BCUT2D eigenvalue weighted by Gasteiger charge is -2.05. The summed E-state index contributed by atoms with van der Waals surface area (Å²) in [6.07, 6.45) is 1.46. The molecule has 112 valence electrons. The first-order valence-corrected chi connectivity index (χ1v) is 7.23. The molecule has 2 rings (SSSR count). The van der Waals surface area contributed by atoms with Crippen molar-refractivity contribution >= 4 is 21.4 Å². The molecule has 0 bridgehead atoms. The summed E-state index contributed by atoms with van der Waals surface area (Å²) in [5.41, 5.74) is 4.84. The molecule has 0 unspecified atom stereocenters. The van der Waals surface area contributed by atoms with E-state index in [1.807, 2.05) is 0 Å². The Kier molecular flexibility index (Phi) is 3.91. The SMILES string of the molecule is Cc1cnc(CNS(=O)(=O)c2ccc(N)c([N+](=O)[O-])c2)o1. The van der Waals surface area contributed by atoms with E-state index in [2.05, 4.69) is 9.71 Å². The van der Waals surface area contributed by atoms with E-state index in [4.69, 9.17) is 10.2 Å². The summed E-state index contributed by atoms with van der Waals surface area (Å²) in [5, 5.41) is 10.8. The molecule has 0 aliphatic heterocycles. The fourth-order valence-electron chi connectivity index (χ4n) is 1.57. The van der Waals surface area contributed by atoms with Crippen LogP contribution in [0.25, 0.3) is 0 Å². The van der Waals surface area contributed by atoms with Gasteiger partial charge in [-0.15, -0.1) is 0 Å². The van der Waals surface area contributed by atoms with Crippen molar-refractivity contribution in [1.29, 1.82) is 0 Å². The summed E-state index contributed by atoms with van der Waals surface area (Å²) in [6.45, 7) is 1.52. The molecule has 0 spiro atoms. The number of anilines is 1. The Morgan fingerprint density at radius 3 is 2.76 bits per heavy atom. The Morgan fingerprint density at radius 2 is 2.19 bits per heavy atom. The van der Waals surface area contributed by atoms with E-state index in [-0.39, 0.29) is 23.0 Å². The van der Waals surface area contributed by atoms with Gasteiger partial charge in [-0.05, 0) is 19.1 Å². The topological polar surface area (TPSA) is 141 Å². The Bertz CT molecular complexity index is 784. The van der Waals surface area contributed by atoms with Gasteiger partial charge in [0.1, 0.15) is 11.4 Å². The van der Waals surface area contributed by atoms with E-state index in [0.717, 1.165) is 6.07 Å². The first-order chi connectivity index (χ1) is 9.79. The highest BCUT2D eigenvalue weighted by atomic mass is 32.2. The fraction of sp³-hybridized carbons (Fsp3) is 0.182. The van der Waals surface area contributed by atoms with Crippen molar-refractivity contribution in [3.8, 4) is 0 Å². The van der Waals surface area contributed by atoms with E-state index in [0.29, 0.717) is 5.76 Å². The van der Waals surface area contributed by atoms with Crippen molar-refractivity contribution in [3.63, 3.8) is 0 Å². The lowest BCUT2D eigenvalue weighted by atomic mass is 10.3. The number of hydrogen-bond acceptors (Lipinski definition) is 7. The van der Waals surface area contributed by atoms with Crippen LogP contribution in [0.2, 0.25) is 0 Å². The van der Waals surface area contributed by atoms with Crippen LogP contribution < -0.4 is 10.5 Å². The van der Waals surface area contributed by atoms with Crippen LogP contribution in [0.5, 0.6) is 0 Å². The Balaban J connectivity index is 2.23. The van der Waals surface area contributed by atoms with Crippen LogP contribution in [-0.2, 0) is 16.6 Å². The van der Waals surface area contributed by atoms with Gasteiger partial charge < -0.3 is 10.2 Å². The van der Waals surface area contributed by atoms with E-state index >= 15 is 0 Å². The molecule has 1 aromatic carbocycles. The molecular formula is C11H12N4O5S. The number of rotatable bonds is 5. The van der Waals surface area contributed by atoms with Crippen LogP contribution in [0, 0.1) is 17.0 Å². The molecule has 9 nitrogen and oxygen atoms in total. The van der Waals surface area contributed by atoms with Gasteiger partial charge in [0, 0.05) is 6.07 Å². The van der Waals surface area contributed by atoms with Crippen molar-refractivity contribution in [1.82, 2.24) is 9.71 Å². The third-order valence-electron chi connectivity index (χ3n) is 2.59. The van der Waals surface area contributed by atoms with Crippen LogP contribution >= 0.6 is 0 Å². The molecule has 1 heterocycles. The molecule has 21 heavy (non-hydrogen) atoms. The highest BCUT2D eigenvalue weighted by Gasteiger charge is 2.20. The highest BCUT2D eigenvalue weighted by Crippen LogP contribution is 2.24. The minimum atomic E-state index is -3.93. The number of nitrogens with two attached hydrogens (primary N) is 1. The lowest BCUT2D eigenvalue weighted by Crippen LogP contribution is -2.23. The molecule has 3 N–H and O–H groups in total. The van der Waals surface area contributed by atoms with Crippen molar-refractivity contribution in [2.75, 3.05) is 5.73 Å².